The summed E-state index contributed by atoms with van der Waals surface area (Å²) in [6.07, 6.45) is 2.13. The highest BCUT2D eigenvalue weighted by Gasteiger charge is 2.42. The van der Waals surface area contributed by atoms with Gasteiger partial charge in [-0.15, -0.1) is 0 Å². The van der Waals surface area contributed by atoms with E-state index in [0.717, 1.165) is 39.0 Å². The first-order valence-corrected chi connectivity index (χ1v) is 11.6. The van der Waals surface area contributed by atoms with Crippen LogP contribution in [-0.2, 0) is 13.0 Å². The van der Waals surface area contributed by atoms with Crippen LogP contribution in [0.5, 0.6) is 5.75 Å². The number of halogens is 2. The van der Waals surface area contributed by atoms with E-state index < -0.39 is 5.54 Å². The van der Waals surface area contributed by atoms with Crippen molar-refractivity contribution in [2.45, 2.75) is 38.3 Å². The second kappa shape index (κ2) is 7.99. The van der Waals surface area contributed by atoms with Crippen molar-refractivity contribution in [1.29, 1.82) is 5.26 Å². The minimum absolute atomic E-state index is 0.248. The number of hydrogen-bond acceptors (Lipinski definition) is 4. The molecule has 2 aromatic carbocycles. The summed E-state index contributed by atoms with van der Waals surface area (Å²) in [5.74, 6) is 0.466. The third kappa shape index (κ3) is 3.42. The predicted octanol–water partition coefficient (Wildman–Crippen LogP) is 5.20. The van der Waals surface area contributed by atoms with Gasteiger partial charge in [0.15, 0.2) is 5.82 Å². The van der Waals surface area contributed by atoms with E-state index in [2.05, 4.69) is 22.0 Å². The fourth-order valence-corrected chi connectivity index (χ4v) is 5.36. The molecule has 5 rings (SSSR count). The number of benzene rings is 2. The number of methoxy groups -OCH3 is 1. The van der Waals surface area contributed by atoms with Gasteiger partial charge in [-0.1, -0.05) is 0 Å². The number of carbonyl (C=O) groups is 1. The number of hydrogen-bond donors (Lipinski definition) is 0. The number of fused-ring (bicyclic) bond motifs is 3. The summed E-state index contributed by atoms with van der Waals surface area (Å²) in [5, 5.41) is 9.73. The van der Waals surface area contributed by atoms with E-state index in [4.69, 9.17) is 9.72 Å². The Balaban J connectivity index is 1.72. The molecule has 1 amide bonds. The van der Waals surface area contributed by atoms with Gasteiger partial charge in [-0.05, 0) is 84.1 Å². The maximum atomic E-state index is 13.7. The van der Waals surface area contributed by atoms with Crippen molar-refractivity contribution in [2.24, 2.45) is 0 Å². The van der Waals surface area contributed by atoms with E-state index in [1.54, 1.807) is 31.1 Å². The Morgan fingerprint density at radius 3 is 2.73 bits per heavy atom. The van der Waals surface area contributed by atoms with Crippen LogP contribution in [-0.4, -0.2) is 39.6 Å². The zero-order valence-electron chi connectivity index (χ0n) is 18.4. The molecule has 0 saturated carbocycles. The molecule has 3 aromatic rings. The number of nitriles is 1. The van der Waals surface area contributed by atoms with Gasteiger partial charge in [0.05, 0.1) is 29.0 Å². The summed E-state index contributed by atoms with van der Waals surface area (Å²) in [7, 11) is 1.63. The van der Waals surface area contributed by atoms with Crippen LogP contribution in [0, 0.1) is 17.1 Å². The van der Waals surface area contributed by atoms with Crippen LogP contribution < -0.4 is 4.74 Å². The van der Waals surface area contributed by atoms with Crippen LogP contribution in [0.25, 0.3) is 22.5 Å². The Morgan fingerprint density at radius 1 is 1.27 bits per heavy atom. The van der Waals surface area contributed by atoms with Crippen molar-refractivity contribution >= 4 is 21.8 Å². The van der Waals surface area contributed by atoms with Crippen LogP contribution in [0.3, 0.4) is 0 Å². The molecule has 2 aliphatic rings. The lowest BCUT2D eigenvalue weighted by Crippen LogP contribution is -2.45. The van der Waals surface area contributed by atoms with E-state index in [9.17, 15) is 14.4 Å². The minimum Gasteiger partial charge on any atom is -0.496 e. The van der Waals surface area contributed by atoms with Crippen molar-refractivity contribution in [1.82, 2.24) is 14.5 Å². The number of aryl methyl sites for hydroxylation is 1. The van der Waals surface area contributed by atoms with E-state index in [1.165, 1.54) is 12.1 Å². The van der Waals surface area contributed by atoms with Gasteiger partial charge in [-0.2, -0.15) is 5.26 Å². The number of aromatic nitrogens is 2. The number of nitrogens with zero attached hydrogens (tertiary/aromatic N) is 4. The van der Waals surface area contributed by atoms with Crippen molar-refractivity contribution in [2.75, 3.05) is 13.7 Å². The molecule has 2 aliphatic heterocycles. The largest absolute Gasteiger partial charge is 0.496 e. The van der Waals surface area contributed by atoms with Crippen molar-refractivity contribution in [3.05, 3.63) is 58.1 Å². The lowest BCUT2D eigenvalue weighted by atomic mass is 9.95. The lowest BCUT2D eigenvalue weighted by Gasteiger charge is -2.29. The first-order valence-electron chi connectivity index (χ1n) is 10.8. The molecule has 8 heteroatoms. The molecule has 1 atom stereocenters. The summed E-state index contributed by atoms with van der Waals surface area (Å²) in [5.41, 5.74) is 3.35. The molecule has 0 spiro atoms. The smallest absolute Gasteiger partial charge is 0.291 e. The van der Waals surface area contributed by atoms with Crippen molar-refractivity contribution < 1.29 is 13.9 Å². The van der Waals surface area contributed by atoms with Crippen molar-refractivity contribution in [3.8, 4) is 34.3 Å². The van der Waals surface area contributed by atoms with Crippen LogP contribution in [0.4, 0.5) is 4.39 Å². The van der Waals surface area contributed by atoms with Gasteiger partial charge in [0.1, 0.15) is 17.1 Å². The molecule has 1 saturated heterocycles. The Hall–Kier alpha value is -3.18. The van der Waals surface area contributed by atoms with Crippen LogP contribution in [0.1, 0.15) is 35.9 Å². The van der Waals surface area contributed by atoms with Crippen molar-refractivity contribution in [3.63, 3.8) is 0 Å². The quantitative estimate of drug-likeness (QED) is 0.487. The molecule has 0 bridgehead atoms. The molecule has 0 aliphatic carbocycles. The maximum absolute atomic E-state index is 13.7. The average Bonchev–Trinajstić information content (AvgIpc) is 3.40. The second-order valence-electron chi connectivity index (χ2n) is 8.63. The third-order valence-electron chi connectivity index (χ3n) is 6.64. The number of rotatable bonds is 3. The highest BCUT2D eigenvalue weighted by molar-refractivity contribution is 9.10. The Kier molecular flexibility index (Phi) is 5.25. The summed E-state index contributed by atoms with van der Waals surface area (Å²) in [4.78, 5) is 20.1. The highest BCUT2D eigenvalue weighted by atomic mass is 79.9. The van der Waals surface area contributed by atoms with Gasteiger partial charge in [0, 0.05) is 24.2 Å². The molecule has 1 aromatic heterocycles. The molecule has 1 fully saturated rings. The van der Waals surface area contributed by atoms with Gasteiger partial charge >= 0.3 is 0 Å². The molecular formula is C25H22BrFN4O2. The Morgan fingerprint density at radius 2 is 2.03 bits per heavy atom. The SMILES string of the molecule is COc1cc2c(cc1Br)-c1c(-c3ccc(F)cc3)nc(C(=O)N3CCC[C@]3(C)C#N)n1CC2. The molecule has 0 radical (unpaired) electrons. The number of carbonyl (C=O) groups excluding carboxylic acids is 1. The van der Waals surface area contributed by atoms with E-state index >= 15 is 0 Å². The maximum Gasteiger partial charge on any atom is 0.291 e. The van der Waals surface area contributed by atoms with E-state index in [-0.39, 0.29) is 11.7 Å². The summed E-state index contributed by atoms with van der Waals surface area (Å²) in [6, 6.07) is 12.4. The highest BCUT2D eigenvalue weighted by Crippen LogP contribution is 2.42. The van der Waals surface area contributed by atoms with Crippen LogP contribution >= 0.6 is 15.9 Å². The number of likely N-dealkylation sites (tertiary alicyclic amines) is 1. The lowest BCUT2D eigenvalue weighted by molar-refractivity contribution is 0.0675. The first-order chi connectivity index (χ1) is 15.9. The average molecular weight is 509 g/mol. The fourth-order valence-electron chi connectivity index (χ4n) is 4.85. The Bertz CT molecular complexity index is 1310. The number of ether oxygens (including phenoxy) is 1. The monoisotopic (exact) mass is 508 g/mol. The summed E-state index contributed by atoms with van der Waals surface area (Å²) in [6.45, 7) is 2.90. The third-order valence-corrected chi connectivity index (χ3v) is 7.26. The van der Waals surface area contributed by atoms with Gasteiger partial charge in [-0.3, -0.25) is 4.79 Å². The van der Waals surface area contributed by atoms with Gasteiger partial charge in [0.2, 0.25) is 0 Å². The number of amides is 1. The van der Waals surface area contributed by atoms with Gasteiger partial charge in [0.25, 0.3) is 5.91 Å². The minimum atomic E-state index is -0.845. The fraction of sp³-hybridized carbons (Fsp3) is 0.320. The first kappa shape index (κ1) is 21.7. The molecule has 33 heavy (non-hydrogen) atoms. The second-order valence-corrected chi connectivity index (χ2v) is 9.49. The summed E-state index contributed by atoms with van der Waals surface area (Å²) < 4.78 is 21.9. The number of imidazole rings is 1. The molecule has 168 valence electrons. The van der Waals surface area contributed by atoms with Crippen LogP contribution in [0.2, 0.25) is 0 Å². The summed E-state index contributed by atoms with van der Waals surface area (Å²) >= 11 is 3.58. The molecule has 0 unspecified atom stereocenters. The van der Waals surface area contributed by atoms with Crippen LogP contribution in [0.15, 0.2) is 40.9 Å². The van der Waals surface area contributed by atoms with E-state index in [1.807, 2.05) is 16.7 Å². The molecule has 3 heterocycles. The van der Waals surface area contributed by atoms with E-state index in [0.29, 0.717) is 37.4 Å². The Labute approximate surface area is 199 Å². The zero-order chi connectivity index (χ0) is 23.3. The normalized spacial score (nSPS) is 19.1. The molecule has 6 nitrogen and oxygen atoms in total. The predicted molar refractivity (Wildman–Crippen MR) is 125 cm³/mol. The zero-order valence-corrected chi connectivity index (χ0v) is 19.9. The molecular weight excluding hydrogens is 487 g/mol. The van der Waals surface area contributed by atoms with Gasteiger partial charge in [-0.25, -0.2) is 9.37 Å². The molecule has 0 N–H and O–H groups in total. The topological polar surface area (TPSA) is 71.2 Å². The standard InChI is InChI=1S/C25H22BrFN4O2/c1-25(14-28)9-3-10-31(25)24(32)23-29-21(15-4-6-17(27)7-5-15)22-18-13-19(26)20(33-2)12-16(18)8-11-30(22)23/h4-7,12-13H,3,8-11H2,1-2H3/t25-/m1/s1. The van der Waals surface area contributed by atoms with Gasteiger partial charge < -0.3 is 14.2 Å².